The van der Waals surface area contributed by atoms with E-state index in [1.807, 2.05) is 13.8 Å². The molecule has 0 aliphatic rings. The summed E-state index contributed by atoms with van der Waals surface area (Å²) in [5, 5.41) is 6.46. The molecule has 2 N–H and O–H groups in total. The molecule has 1 rings (SSSR count). The van der Waals surface area contributed by atoms with Crippen LogP contribution in [0.4, 0.5) is 8.78 Å². The highest BCUT2D eigenvalue weighted by atomic mass is 127. The first kappa shape index (κ1) is 26.6. The van der Waals surface area contributed by atoms with Gasteiger partial charge in [0, 0.05) is 26.3 Å². The summed E-state index contributed by atoms with van der Waals surface area (Å²) >= 11 is 0. The average molecular weight is 515 g/mol. The van der Waals surface area contributed by atoms with Gasteiger partial charge >= 0.3 is 6.61 Å². The summed E-state index contributed by atoms with van der Waals surface area (Å²) in [5.41, 5.74) is 0.841. The minimum absolute atomic E-state index is 0. The molecular formula is C19H32F2IN3O3. The van der Waals surface area contributed by atoms with E-state index in [2.05, 4.69) is 20.4 Å². The topological polar surface area (TPSA) is 64.1 Å². The molecule has 9 heteroatoms. The Labute approximate surface area is 183 Å². The van der Waals surface area contributed by atoms with E-state index in [-0.39, 0.29) is 29.7 Å². The van der Waals surface area contributed by atoms with E-state index in [9.17, 15) is 8.78 Å². The monoisotopic (exact) mass is 515 g/mol. The van der Waals surface area contributed by atoms with Crippen LogP contribution in [0.2, 0.25) is 0 Å². The summed E-state index contributed by atoms with van der Waals surface area (Å²) < 4.78 is 40.1. The van der Waals surface area contributed by atoms with E-state index in [1.165, 1.54) is 6.07 Å². The zero-order chi connectivity index (χ0) is 19.9. The van der Waals surface area contributed by atoms with Crippen LogP contribution in [0, 0.1) is 0 Å². The lowest BCUT2D eigenvalue weighted by atomic mass is 10.2. The second-order valence-electron chi connectivity index (χ2n) is 5.62. The number of rotatable bonds is 13. The summed E-state index contributed by atoms with van der Waals surface area (Å²) in [4.78, 5) is 4.53. The summed E-state index contributed by atoms with van der Waals surface area (Å²) in [5.74, 6) is 1.03. The second kappa shape index (κ2) is 16.6. The maximum absolute atomic E-state index is 12.5. The van der Waals surface area contributed by atoms with Gasteiger partial charge in [0.05, 0.1) is 13.2 Å². The number of benzene rings is 1. The standard InChI is InChI=1S/C19H31F2N3O3.HI/c1-4-22-19(23-11-7-8-12-25-5-2)24-14-15-9-10-16(27-18(20)21)17(13-15)26-6-3;/h9-10,13,18H,4-8,11-12,14H2,1-3H3,(H2,22,23,24);1H. The van der Waals surface area contributed by atoms with E-state index in [0.29, 0.717) is 24.9 Å². The number of hydrogen-bond acceptors (Lipinski definition) is 4. The second-order valence-corrected chi connectivity index (χ2v) is 5.62. The quantitative estimate of drug-likeness (QED) is 0.179. The molecule has 1 aromatic rings. The van der Waals surface area contributed by atoms with Gasteiger partial charge in [0.15, 0.2) is 17.5 Å². The minimum atomic E-state index is -2.89. The largest absolute Gasteiger partial charge is 0.490 e. The number of nitrogens with zero attached hydrogens (tertiary/aromatic N) is 1. The Morgan fingerprint density at radius 3 is 2.50 bits per heavy atom. The lowest BCUT2D eigenvalue weighted by Crippen LogP contribution is -2.37. The van der Waals surface area contributed by atoms with Gasteiger partial charge in [-0.3, -0.25) is 0 Å². The molecule has 0 bridgehead atoms. The van der Waals surface area contributed by atoms with Crippen LogP contribution in [0.1, 0.15) is 39.2 Å². The molecule has 0 radical (unpaired) electrons. The van der Waals surface area contributed by atoms with Gasteiger partial charge in [-0.05, 0) is 51.3 Å². The van der Waals surface area contributed by atoms with Crippen molar-refractivity contribution in [1.82, 2.24) is 10.6 Å². The molecule has 0 unspecified atom stereocenters. The molecule has 0 saturated heterocycles. The minimum Gasteiger partial charge on any atom is -0.490 e. The molecule has 1 aromatic carbocycles. The molecule has 0 spiro atoms. The van der Waals surface area contributed by atoms with Crippen molar-refractivity contribution in [2.24, 2.45) is 4.99 Å². The first-order valence-corrected chi connectivity index (χ1v) is 9.41. The van der Waals surface area contributed by atoms with E-state index < -0.39 is 6.61 Å². The summed E-state index contributed by atoms with van der Waals surface area (Å²) in [6, 6.07) is 4.86. The van der Waals surface area contributed by atoms with Crippen LogP contribution < -0.4 is 20.1 Å². The molecule has 0 aromatic heterocycles. The normalized spacial score (nSPS) is 11.1. The van der Waals surface area contributed by atoms with Crippen LogP contribution in [0.5, 0.6) is 11.5 Å². The van der Waals surface area contributed by atoms with Gasteiger partial charge in [-0.2, -0.15) is 8.78 Å². The Balaban J connectivity index is 0.00000729. The van der Waals surface area contributed by atoms with E-state index >= 15 is 0 Å². The van der Waals surface area contributed by atoms with Crippen LogP contribution in [0.25, 0.3) is 0 Å². The fourth-order valence-electron chi connectivity index (χ4n) is 2.30. The fourth-order valence-corrected chi connectivity index (χ4v) is 2.30. The zero-order valence-electron chi connectivity index (χ0n) is 16.8. The summed E-state index contributed by atoms with van der Waals surface area (Å²) in [7, 11) is 0. The molecule has 6 nitrogen and oxygen atoms in total. The highest BCUT2D eigenvalue weighted by Crippen LogP contribution is 2.30. The van der Waals surface area contributed by atoms with Crippen molar-refractivity contribution < 1.29 is 23.0 Å². The Hall–Kier alpha value is -1.36. The summed E-state index contributed by atoms with van der Waals surface area (Å²) in [6.45, 7) is 6.67. The van der Waals surface area contributed by atoms with Crippen molar-refractivity contribution in [3.05, 3.63) is 23.8 Å². The zero-order valence-corrected chi connectivity index (χ0v) is 19.1. The van der Waals surface area contributed by atoms with Crippen molar-refractivity contribution in [3.8, 4) is 11.5 Å². The third-order valence-corrected chi connectivity index (χ3v) is 3.50. The number of aliphatic imine (C=N–C) groups is 1. The van der Waals surface area contributed by atoms with Crippen LogP contribution in [-0.4, -0.2) is 45.5 Å². The van der Waals surface area contributed by atoms with E-state index in [0.717, 1.165) is 44.7 Å². The van der Waals surface area contributed by atoms with Crippen LogP contribution in [-0.2, 0) is 11.3 Å². The predicted molar refractivity (Wildman–Crippen MR) is 118 cm³/mol. The van der Waals surface area contributed by atoms with E-state index in [1.54, 1.807) is 19.1 Å². The molecule has 0 aliphatic carbocycles. The first-order chi connectivity index (χ1) is 13.1. The molecule has 0 amide bonds. The molecule has 0 aliphatic heterocycles. The van der Waals surface area contributed by atoms with Crippen molar-refractivity contribution in [2.75, 3.05) is 32.9 Å². The van der Waals surface area contributed by atoms with Gasteiger partial charge < -0.3 is 24.8 Å². The van der Waals surface area contributed by atoms with Crippen molar-refractivity contribution >= 4 is 29.9 Å². The number of halogens is 3. The lowest BCUT2D eigenvalue weighted by Gasteiger charge is -2.13. The third-order valence-electron chi connectivity index (χ3n) is 3.50. The molecule has 0 atom stereocenters. The van der Waals surface area contributed by atoms with Gasteiger partial charge in [0.2, 0.25) is 0 Å². The van der Waals surface area contributed by atoms with Gasteiger partial charge in [0.1, 0.15) is 0 Å². The Bertz CT molecular complexity index is 563. The number of nitrogens with one attached hydrogen (secondary N) is 2. The van der Waals surface area contributed by atoms with Crippen LogP contribution in [0.3, 0.4) is 0 Å². The number of guanidine groups is 1. The number of ether oxygens (including phenoxy) is 3. The third kappa shape index (κ3) is 11.5. The maximum Gasteiger partial charge on any atom is 0.387 e. The molecule has 0 heterocycles. The van der Waals surface area contributed by atoms with Crippen molar-refractivity contribution in [1.29, 1.82) is 0 Å². The van der Waals surface area contributed by atoms with Gasteiger partial charge in [-0.25, -0.2) is 4.99 Å². The fraction of sp³-hybridized carbons (Fsp3) is 0.632. The highest BCUT2D eigenvalue weighted by Gasteiger charge is 2.11. The number of unbranched alkanes of at least 4 members (excludes halogenated alkanes) is 1. The van der Waals surface area contributed by atoms with Gasteiger partial charge in [-0.1, -0.05) is 6.07 Å². The Morgan fingerprint density at radius 2 is 1.86 bits per heavy atom. The number of alkyl halides is 2. The molecule has 28 heavy (non-hydrogen) atoms. The summed E-state index contributed by atoms with van der Waals surface area (Å²) in [6.07, 6.45) is 1.97. The number of hydrogen-bond donors (Lipinski definition) is 2. The lowest BCUT2D eigenvalue weighted by molar-refractivity contribution is -0.0514. The average Bonchev–Trinajstić information content (AvgIpc) is 2.64. The SMILES string of the molecule is CCNC(=NCc1ccc(OC(F)F)c(OCC)c1)NCCCCOCC.I. The maximum atomic E-state index is 12.5. The highest BCUT2D eigenvalue weighted by molar-refractivity contribution is 14.0. The van der Waals surface area contributed by atoms with Gasteiger partial charge in [0.25, 0.3) is 0 Å². The predicted octanol–water partition coefficient (Wildman–Crippen LogP) is 4.18. The molecular weight excluding hydrogens is 483 g/mol. The van der Waals surface area contributed by atoms with E-state index in [4.69, 9.17) is 9.47 Å². The Morgan fingerprint density at radius 1 is 1.07 bits per heavy atom. The molecule has 0 saturated carbocycles. The molecule has 162 valence electrons. The van der Waals surface area contributed by atoms with Crippen molar-refractivity contribution in [2.45, 2.75) is 46.8 Å². The van der Waals surface area contributed by atoms with Crippen LogP contribution >= 0.6 is 24.0 Å². The van der Waals surface area contributed by atoms with Crippen LogP contribution in [0.15, 0.2) is 23.2 Å². The smallest absolute Gasteiger partial charge is 0.387 e. The first-order valence-electron chi connectivity index (χ1n) is 9.41. The van der Waals surface area contributed by atoms with Crippen molar-refractivity contribution in [3.63, 3.8) is 0 Å². The molecule has 0 fully saturated rings. The van der Waals surface area contributed by atoms with Gasteiger partial charge in [-0.15, -0.1) is 24.0 Å². The Kier molecular flexibility index (Phi) is 15.8.